The third-order valence-corrected chi connectivity index (χ3v) is 2.92. The number of carbonyl (C=O) groups is 1. The van der Waals surface area contributed by atoms with Crippen LogP contribution in [0, 0.1) is 0 Å². The van der Waals surface area contributed by atoms with Crippen molar-refractivity contribution in [2.24, 2.45) is 0 Å². The minimum Gasteiger partial charge on any atom is -0.353 e. The van der Waals surface area contributed by atoms with Crippen LogP contribution in [-0.4, -0.2) is 11.9 Å². The SMILES string of the molecule is CCCC(C)NC(=O)Cc1cccs1. The summed E-state index contributed by atoms with van der Waals surface area (Å²) in [5.74, 6) is 0.133. The van der Waals surface area contributed by atoms with Gasteiger partial charge in [0.05, 0.1) is 6.42 Å². The van der Waals surface area contributed by atoms with Crippen LogP contribution in [0.1, 0.15) is 31.6 Å². The zero-order valence-corrected chi connectivity index (χ0v) is 9.56. The van der Waals surface area contributed by atoms with E-state index in [1.54, 1.807) is 11.3 Å². The highest BCUT2D eigenvalue weighted by Gasteiger charge is 2.07. The quantitative estimate of drug-likeness (QED) is 0.797. The van der Waals surface area contributed by atoms with Crippen molar-refractivity contribution >= 4 is 17.2 Å². The van der Waals surface area contributed by atoms with Gasteiger partial charge in [-0.1, -0.05) is 19.4 Å². The number of hydrogen-bond donors (Lipinski definition) is 1. The Bertz CT molecular complexity index is 269. The Hall–Kier alpha value is -0.830. The smallest absolute Gasteiger partial charge is 0.225 e. The summed E-state index contributed by atoms with van der Waals surface area (Å²) in [6.45, 7) is 4.18. The van der Waals surface area contributed by atoms with Crippen molar-refractivity contribution in [3.05, 3.63) is 22.4 Å². The van der Waals surface area contributed by atoms with Crippen molar-refractivity contribution in [2.45, 2.75) is 39.2 Å². The highest BCUT2D eigenvalue weighted by Crippen LogP contribution is 2.09. The van der Waals surface area contributed by atoms with Gasteiger partial charge in [-0.2, -0.15) is 0 Å². The van der Waals surface area contributed by atoms with E-state index in [4.69, 9.17) is 0 Å². The molecule has 0 fully saturated rings. The molecule has 1 aromatic rings. The molecule has 1 heterocycles. The molecule has 0 saturated heterocycles. The maximum Gasteiger partial charge on any atom is 0.225 e. The fourth-order valence-electron chi connectivity index (χ4n) is 1.40. The normalized spacial score (nSPS) is 12.4. The lowest BCUT2D eigenvalue weighted by atomic mass is 10.2. The second-order valence-corrected chi connectivity index (χ2v) is 4.55. The van der Waals surface area contributed by atoms with E-state index in [-0.39, 0.29) is 5.91 Å². The monoisotopic (exact) mass is 211 g/mol. The minimum absolute atomic E-state index is 0.133. The van der Waals surface area contributed by atoms with Crippen LogP contribution in [0.3, 0.4) is 0 Å². The summed E-state index contributed by atoms with van der Waals surface area (Å²) in [6, 6.07) is 4.27. The van der Waals surface area contributed by atoms with Gasteiger partial charge in [0.15, 0.2) is 0 Å². The van der Waals surface area contributed by atoms with E-state index < -0.39 is 0 Å². The molecular formula is C11H17NOS. The van der Waals surface area contributed by atoms with Crippen LogP contribution >= 0.6 is 11.3 Å². The molecule has 0 radical (unpaired) electrons. The molecule has 1 aromatic heterocycles. The molecule has 1 N–H and O–H groups in total. The summed E-state index contributed by atoms with van der Waals surface area (Å²) in [6.07, 6.45) is 2.68. The van der Waals surface area contributed by atoms with E-state index >= 15 is 0 Å². The molecule has 14 heavy (non-hydrogen) atoms. The van der Waals surface area contributed by atoms with E-state index in [9.17, 15) is 4.79 Å². The molecule has 1 atom stereocenters. The standard InChI is InChI=1S/C11H17NOS/c1-3-5-9(2)12-11(13)8-10-6-4-7-14-10/h4,6-7,9H,3,5,8H2,1-2H3,(H,12,13). The van der Waals surface area contributed by atoms with Crippen molar-refractivity contribution in [2.75, 3.05) is 0 Å². The molecule has 1 rings (SSSR count). The fraction of sp³-hybridized carbons (Fsp3) is 0.545. The predicted molar refractivity (Wildman–Crippen MR) is 60.5 cm³/mol. The Morgan fingerprint density at radius 3 is 3.00 bits per heavy atom. The third kappa shape index (κ3) is 3.92. The molecule has 1 amide bonds. The first-order valence-electron chi connectivity index (χ1n) is 5.04. The van der Waals surface area contributed by atoms with E-state index in [1.807, 2.05) is 17.5 Å². The Kier molecular flexibility index (Phi) is 4.66. The van der Waals surface area contributed by atoms with Crippen LogP contribution in [0.5, 0.6) is 0 Å². The van der Waals surface area contributed by atoms with Crippen LogP contribution in [-0.2, 0) is 11.2 Å². The molecule has 0 aliphatic heterocycles. The van der Waals surface area contributed by atoms with Gasteiger partial charge < -0.3 is 5.32 Å². The number of thiophene rings is 1. The largest absolute Gasteiger partial charge is 0.353 e. The Balaban J connectivity index is 2.29. The maximum absolute atomic E-state index is 11.5. The average Bonchev–Trinajstić information content (AvgIpc) is 2.56. The topological polar surface area (TPSA) is 29.1 Å². The van der Waals surface area contributed by atoms with Crippen molar-refractivity contribution in [1.29, 1.82) is 0 Å². The lowest BCUT2D eigenvalue weighted by Gasteiger charge is -2.11. The maximum atomic E-state index is 11.5. The minimum atomic E-state index is 0.133. The summed E-state index contributed by atoms with van der Waals surface area (Å²) in [4.78, 5) is 12.6. The van der Waals surface area contributed by atoms with E-state index in [0.717, 1.165) is 17.7 Å². The molecule has 3 heteroatoms. The molecule has 78 valence electrons. The summed E-state index contributed by atoms with van der Waals surface area (Å²) >= 11 is 1.63. The first-order valence-corrected chi connectivity index (χ1v) is 5.92. The average molecular weight is 211 g/mol. The first kappa shape index (κ1) is 11.2. The molecule has 0 bridgehead atoms. The second-order valence-electron chi connectivity index (χ2n) is 3.51. The van der Waals surface area contributed by atoms with Crippen molar-refractivity contribution in [3.8, 4) is 0 Å². The lowest BCUT2D eigenvalue weighted by Crippen LogP contribution is -2.33. The lowest BCUT2D eigenvalue weighted by molar-refractivity contribution is -0.121. The number of amides is 1. The van der Waals surface area contributed by atoms with Gasteiger partial charge in [0.25, 0.3) is 0 Å². The molecule has 0 saturated carbocycles. The molecule has 0 aliphatic carbocycles. The van der Waals surface area contributed by atoms with Gasteiger partial charge in [0, 0.05) is 10.9 Å². The van der Waals surface area contributed by atoms with Gasteiger partial charge in [0.1, 0.15) is 0 Å². The molecule has 0 aliphatic rings. The molecule has 2 nitrogen and oxygen atoms in total. The first-order chi connectivity index (χ1) is 6.72. The number of hydrogen-bond acceptors (Lipinski definition) is 2. The van der Waals surface area contributed by atoms with Crippen LogP contribution in [0.4, 0.5) is 0 Å². The summed E-state index contributed by atoms with van der Waals surface area (Å²) in [5.41, 5.74) is 0. The molecule has 1 unspecified atom stereocenters. The summed E-state index contributed by atoms with van der Waals surface area (Å²) in [5, 5.41) is 4.98. The zero-order chi connectivity index (χ0) is 10.4. The summed E-state index contributed by atoms with van der Waals surface area (Å²) in [7, 11) is 0. The van der Waals surface area contributed by atoms with Gasteiger partial charge in [0.2, 0.25) is 5.91 Å². The fourth-order valence-corrected chi connectivity index (χ4v) is 2.11. The zero-order valence-electron chi connectivity index (χ0n) is 8.75. The third-order valence-electron chi connectivity index (χ3n) is 2.04. The predicted octanol–water partition coefficient (Wildman–Crippen LogP) is 2.60. The number of carbonyl (C=O) groups excluding carboxylic acids is 1. The number of rotatable bonds is 5. The number of nitrogens with one attached hydrogen (secondary N) is 1. The summed E-state index contributed by atoms with van der Waals surface area (Å²) < 4.78 is 0. The van der Waals surface area contributed by atoms with E-state index in [0.29, 0.717) is 12.5 Å². The van der Waals surface area contributed by atoms with Crippen molar-refractivity contribution in [3.63, 3.8) is 0 Å². The van der Waals surface area contributed by atoms with Gasteiger partial charge >= 0.3 is 0 Å². The van der Waals surface area contributed by atoms with Crippen LogP contribution in [0.15, 0.2) is 17.5 Å². The van der Waals surface area contributed by atoms with E-state index in [1.165, 1.54) is 0 Å². The molecular weight excluding hydrogens is 194 g/mol. The highest BCUT2D eigenvalue weighted by atomic mass is 32.1. The van der Waals surface area contributed by atoms with Crippen molar-refractivity contribution < 1.29 is 4.79 Å². The molecule has 0 aromatic carbocycles. The Morgan fingerprint density at radius 2 is 2.43 bits per heavy atom. The second kappa shape index (κ2) is 5.81. The molecule has 0 spiro atoms. The van der Waals surface area contributed by atoms with Crippen molar-refractivity contribution in [1.82, 2.24) is 5.32 Å². The van der Waals surface area contributed by atoms with Gasteiger partial charge in [-0.05, 0) is 24.8 Å². The van der Waals surface area contributed by atoms with Gasteiger partial charge in [-0.15, -0.1) is 11.3 Å². The van der Waals surface area contributed by atoms with Crippen LogP contribution < -0.4 is 5.32 Å². The highest BCUT2D eigenvalue weighted by molar-refractivity contribution is 7.10. The van der Waals surface area contributed by atoms with Crippen LogP contribution in [0.25, 0.3) is 0 Å². The van der Waals surface area contributed by atoms with Crippen LogP contribution in [0.2, 0.25) is 0 Å². The Morgan fingerprint density at radius 1 is 1.64 bits per heavy atom. The Labute approximate surface area is 89.3 Å². The van der Waals surface area contributed by atoms with E-state index in [2.05, 4.69) is 19.2 Å². The van der Waals surface area contributed by atoms with Gasteiger partial charge in [-0.25, -0.2) is 0 Å². The van der Waals surface area contributed by atoms with Gasteiger partial charge in [-0.3, -0.25) is 4.79 Å².